The third-order valence-corrected chi connectivity index (χ3v) is 4.87. The molecule has 0 saturated carbocycles. The molecule has 0 aromatic heterocycles. The van der Waals surface area contributed by atoms with Crippen LogP contribution >= 0.6 is 54.6 Å². The zero-order chi connectivity index (χ0) is 14.0. The summed E-state index contributed by atoms with van der Waals surface area (Å²) in [5, 5.41) is 13.8. The van der Waals surface area contributed by atoms with Gasteiger partial charge >= 0.3 is 0 Å². The van der Waals surface area contributed by atoms with Gasteiger partial charge in [-0.15, -0.1) is 5.48 Å². The molecule has 0 unspecified atom stereocenters. The fraction of sp³-hybridized carbons (Fsp3) is 0. The van der Waals surface area contributed by atoms with Gasteiger partial charge in [-0.2, -0.15) is 0 Å². The lowest BCUT2D eigenvalue weighted by Crippen LogP contribution is -2.19. The predicted octanol–water partition coefficient (Wildman–Crippen LogP) is 4.41. The minimum atomic E-state index is -0.245. The van der Waals surface area contributed by atoms with E-state index in [-0.39, 0.29) is 31.1 Å². The molecule has 0 fully saturated rings. The third kappa shape index (κ3) is 3.44. The maximum absolute atomic E-state index is 12.3. The predicted molar refractivity (Wildman–Crippen MR) is 83.6 cm³/mol. The SMILES string of the molecule is [O-]C(=Pc1ccccc1)c1c(Cl)c(Cl)cc(Cl)c1Cl. The van der Waals surface area contributed by atoms with E-state index in [1.807, 2.05) is 30.3 Å². The minimum Gasteiger partial charge on any atom is -0.823 e. The van der Waals surface area contributed by atoms with Gasteiger partial charge in [-0.25, -0.2) is 0 Å². The van der Waals surface area contributed by atoms with E-state index < -0.39 is 0 Å². The second kappa shape index (κ2) is 6.45. The van der Waals surface area contributed by atoms with Crippen LogP contribution < -0.4 is 10.4 Å². The standard InChI is InChI=1S/C13H7Cl4OP/c14-8-6-9(15)12(17)10(11(8)16)13(18)19-7-4-2-1-3-5-7/h1-6,18H/p-1. The van der Waals surface area contributed by atoms with Gasteiger partial charge < -0.3 is 5.11 Å². The Balaban J connectivity index is 2.56. The molecule has 0 N–H and O–H groups in total. The van der Waals surface area contributed by atoms with Gasteiger partial charge in [-0.1, -0.05) is 84.9 Å². The van der Waals surface area contributed by atoms with Crippen LogP contribution in [0, 0.1) is 0 Å². The summed E-state index contributed by atoms with van der Waals surface area (Å²) in [7, 11) is 0.467. The average molecular weight is 351 g/mol. The van der Waals surface area contributed by atoms with Crippen LogP contribution in [0.2, 0.25) is 20.1 Å². The monoisotopic (exact) mass is 349 g/mol. The average Bonchev–Trinajstić information content (AvgIpc) is 2.38. The van der Waals surface area contributed by atoms with Crippen molar-refractivity contribution in [3.05, 3.63) is 62.1 Å². The fourth-order valence-electron chi connectivity index (χ4n) is 1.44. The third-order valence-electron chi connectivity index (χ3n) is 2.31. The number of rotatable bonds is 2. The molecule has 2 rings (SSSR count). The van der Waals surface area contributed by atoms with Crippen molar-refractivity contribution in [2.45, 2.75) is 0 Å². The van der Waals surface area contributed by atoms with Gasteiger partial charge in [-0.05, 0) is 6.07 Å². The van der Waals surface area contributed by atoms with Crippen LogP contribution in [0.25, 0.3) is 0 Å². The maximum Gasteiger partial charge on any atom is 0.0673 e. The van der Waals surface area contributed by atoms with Crippen molar-refractivity contribution in [1.82, 2.24) is 0 Å². The topological polar surface area (TPSA) is 23.1 Å². The quantitative estimate of drug-likeness (QED) is 0.581. The Morgan fingerprint density at radius 3 is 1.95 bits per heavy atom. The molecular weight excluding hydrogens is 345 g/mol. The molecule has 0 amide bonds. The molecule has 0 radical (unpaired) electrons. The molecule has 2 aromatic rings. The Hall–Kier alpha value is -0.270. The van der Waals surface area contributed by atoms with Gasteiger partial charge in [0.1, 0.15) is 0 Å². The first-order chi connectivity index (χ1) is 9.00. The molecule has 2 aromatic carbocycles. The molecule has 0 spiro atoms. The van der Waals surface area contributed by atoms with Gasteiger partial charge in [0.25, 0.3) is 0 Å². The number of hydrogen-bond acceptors (Lipinski definition) is 1. The number of halogens is 4. The first-order valence-electron chi connectivity index (χ1n) is 5.15. The summed E-state index contributed by atoms with van der Waals surface area (Å²) in [5.74, 6) is 0. The summed E-state index contributed by atoms with van der Waals surface area (Å²) < 4.78 is 0. The van der Waals surface area contributed by atoms with E-state index in [0.717, 1.165) is 5.30 Å². The Labute approximate surface area is 132 Å². The van der Waals surface area contributed by atoms with Crippen LogP contribution in [0.4, 0.5) is 0 Å². The Bertz CT molecular complexity index is 615. The molecular formula is C13H6Cl4OP-. The van der Waals surface area contributed by atoms with Crippen molar-refractivity contribution in [1.29, 1.82) is 0 Å². The van der Waals surface area contributed by atoms with Crippen LogP contribution in [-0.4, -0.2) is 5.48 Å². The van der Waals surface area contributed by atoms with E-state index in [2.05, 4.69) is 0 Å². The largest absolute Gasteiger partial charge is 0.823 e. The first kappa shape index (κ1) is 15.1. The van der Waals surface area contributed by atoms with Gasteiger partial charge in [-0.3, -0.25) is 0 Å². The molecule has 6 heteroatoms. The molecule has 1 nitrogen and oxygen atoms in total. The molecule has 98 valence electrons. The van der Waals surface area contributed by atoms with Gasteiger partial charge in [0.2, 0.25) is 0 Å². The molecule has 0 saturated heterocycles. The Kier molecular flexibility index (Phi) is 5.14. The van der Waals surface area contributed by atoms with Crippen LogP contribution in [0.15, 0.2) is 36.4 Å². The molecule has 0 aliphatic heterocycles. The van der Waals surface area contributed by atoms with E-state index in [1.165, 1.54) is 6.07 Å². The molecule has 0 aliphatic carbocycles. The first-order valence-corrected chi connectivity index (χ1v) is 7.55. The smallest absolute Gasteiger partial charge is 0.0673 e. The zero-order valence-corrected chi connectivity index (χ0v) is 13.2. The molecule has 0 bridgehead atoms. The maximum atomic E-state index is 12.3. The molecule has 0 aliphatic rings. The summed E-state index contributed by atoms with van der Waals surface area (Å²) in [4.78, 5) is 0. The highest BCUT2D eigenvalue weighted by atomic mass is 35.5. The highest BCUT2D eigenvalue weighted by molar-refractivity contribution is 7.49. The number of benzene rings is 2. The van der Waals surface area contributed by atoms with E-state index in [0.29, 0.717) is 8.20 Å². The molecule has 19 heavy (non-hydrogen) atoms. The van der Waals surface area contributed by atoms with Gasteiger partial charge in [0.05, 0.1) is 20.1 Å². The van der Waals surface area contributed by atoms with E-state index >= 15 is 0 Å². The lowest BCUT2D eigenvalue weighted by Gasteiger charge is -2.17. The van der Waals surface area contributed by atoms with Crippen molar-refractivity contribution in [2.75, 3.05) is 0 Å². The second-order valence-corrected chi connectivity index (χ2v) is 6.31. The lowest BCUT2D eigenvalue weighted by atomic mass is 10.2. The van der Waals surface area contributed by atoms with Crippen molar-refractivity contribution in [3.8, 4) is 0 Å². The van der Waals surface area contributed by atoms with E-state index in [9.17, 15) is 5.11 Å². The van der Waals surface area contributed by atoms with Crippen LogP contribution in [0.1, 0.15) is 5.56 Å². The van der Waals surface area contributed by atoms with Crippen molar-refractivity contribution >= 4 is 65.4 Å². The van der Waals surface area contributed by atoms with E-state index in [1.54, 1.807) is 0 Å². The Morgan fingerprint density at radius 1 is 0.895 bits per heavy atom. The minimum absolute atomic E-state index is 0.129. The summed E-state index contributed by atoms with van der Waals surface area (Å²) in [6.07, 6.45) is 0. The van der Waals surface area contributed by atoms with Crippen molar-refractivity contribution < 1.29 is 5.11 Å². The van der Waals surface area contributed by atoms with Crippen LogP contribution in [0.5, 0.6) is 0 Å². The Morgan fingerprint density at radius 2 is 1.42 bits per heavy atom. The van der Waals surface area contributed by atoms with Crippen LogP contribution in [-0.2, 0) is 0 Å². The van der Waals surface area contributed by atoms with Gasteiger partial charge in [0, 0.05) is 10.9 Å². The van der Waals surface area contributed by atoms with Crippen molar-refractivity contribution in [2.24, 2.45) is 0 Å². The van der Waals surface area contributed by atoms with Gasteiger partial charge in [0.15, 0.2) is 0 Å². The summed E-state index contributed by atoms with van der Waals surface area (Å²) in [6.45, 7) is 0. The summed E-state index contributed by atoms with van der Waals surface area (Å²) >= 11 is 23.9. The summed E-state index contributed by atoms with van der Waals surface area (Å²) in [5.41, 5.74) is -0.0862. The van der Waals surface area contributed by atoms with Crippen LogP contribution in [0.3, 0.4) is 0 Å². The molecule has 0 heterocycles. The molecule has 0 atom stereocenters. The van der Waals surface area contributed by atoms with E-state index in [4.69, 9.17) is 46.4 Å². The lowest BCUT2D eigenvalue weighted by molar-refractivity contribution is -0.206. The number of hydrogen-bond donors (Lipinski definition) is 0. The fourth-order valence-corrected chi connectivity index (χ4v) is 3.44. The highest BCUT2D eigenvalue weighted by Crippen LogP contribution is 2.37. The van der Waals surface area contributed by atoms with Crippen molar-refractivity contribution in [3.63, 3.8) is 0 Å². The second-order valence-electron chi connectivity index (χ2n) is 3.60. The normalized spacial score (nSPS) is 11.7. The summed E-state index contributed by atoms with van der Waals surface area (Å²) in [6, 6.07) is 10.7. The zero-order valence-electron chi connectivity index (χ0n) is 9.33. The highest BCUT2D eigenvalue weighted by Gasteiger charge is 2.13.